The van der Waals surface area contributed by atoms with Crippen LogP contribution in [0.5, 0.6) is 0 Å². The number of para-hydroxylation sites is 1. The topological polar surface area (TPSA) is 51.6 Å². The largest absolute Gasteiger partial charge is 0.261 e. The van der Waals surface area contributed by atoms with Gasteiger partial charge in [-0.05, 0) is 12.1 Å². The first-order chi connectivity index (χ1) is 8.34. The number of hydrogen-bond donors (Lipinski definition) is 0. The first-order valence-electron chi connectivity index (χ1n) is 5.03. The van der Waals surface area contributed by atoms with Crippen molar-refractivity contribution >= 4 is 22.5 Å². The van der Waals surface area contributed by atoms with Crippen LogP contribution in [0.2, 0.25) is 5.15 Å². The smallest absolute Gasteiger partial charge is 0.181 e. The van der Waals surface area contributed by atoms with Crippen molar-refractivity contribution in [1.82, 2.24) is 19.9 Å². The van der Waals surface area contributed by atoms with Crippen LogP contribution in [0.3, 0.4) is 0 Å². The minimum atomic E-state index is 0.427. The molecule has 0 saturated heterocycles. The third kappa shape index (κ3) is 1.83. The van der Waals surface area contributed by atoms with Gasteiger partial charge < -0.3 is 0 Å². The highest BCUT2D eigenvalue weighted by molar-refractivity contribution is 6.34. The van der Waals surface area contributed by atoms with E-state index in [9.17, 15) is 0 Å². The van der Waals surface area contributed by atoms with Crippen LogP contribution < -0.4 is 0 Å². The Bertz CT molecular complexity index is 670. The number of fused-ring (bicyclic) bond motifs is 1. The van der Waals surface area contributed by atoms with Crippen molar-refractivity contribution in [1.29, 1.82) is 0 Å². The van der Waals surface area contributed by atoms with E-state index in [1.54, 1.807) is 18.6 Å². The third-order valence-electron chi connectivity index (χ3n) is 2.35. The summed E-state index contributed by atoms with van der Waals surface area (Å²) in [6.45, 7) is 0. The number of rotatable bonds is 1. The SMILES string of the molecule is Clc1nc(-c2cnccn2)nc2ccccc12. The molecule has 0 amide bonds. The van der Waals surface area contributed by atoms with Gasteiger partial charge in [-0.15, -0.1) is 0 Å². The predicted molar refractivity (Wildman–Crippen MR) is 65.6 cm³/mol. The number of halogens is 1. The molecule has 0 fully saturated rings. The molecule has 0 N–H and O–H groups in total. The molecule has 2 aromatic heterocycles. The van der Waals surface area contributed by atoms with E-state index in [2.05, 4.69) is 19.9 Å². The van der Waals surface area contributed by atoms with Crippen LogP contribution in [0.1, 0.15) is 0 Å². The lowest BCUT2D eigenvalue weighted by atomic mass is 10.2. The Balaban J connectivity index is 2.26. The van der Waals surface area contributed by atoms with Crippen molar-refractivity contribution < 1.29 is 0 Å². The molecule has 3 rings (SSSR count). The van der Waals surface area contributed by atoms with Gasteiger partial charge in [0.25, 0.3) is 0 Å². The summed E-state index contributed by atoms with van der Waals surface area (Å²) in [6.07, 6.45) is 4.81. The summed E-state index contributed by atoms with van der Waals surface area (Å²) in [5, 5.41) is 1.26. The van der Waals surface area contributed by atoms with E-state index in [0.717, 1.165) is 10.9 Å². The molecule has 17 heavy (non-hydrogen) atoms. The number of nitrogens with zero attached hydrogens (tertiary/aromatic N) is 4. The molecule has 0 aliphatic rings. The van der Waals surface area contributed by atoms with E-state index in [-0.39, 0.29) is 0 Å². The average molecular weight is 243 g/mol. The van der Waals surface area contributed by atoms with Crippen LogP contribution in [0, 0.1) is 0 Å². The summed E-state index contributed by atoms with van der Waals surface area (Å²) in [5.41, 5.74) is 1.41. The molecular weight excluding hydrogens is 236 g/mol. The predicted octanol–water partition coefficient (Wildman–Crippen LogP) is 2.74. The zero-order chi connectivity index (χ0) is 11.7. The first kappa shape index (κ1) is 10.1. The molecule has 0 atom stereocenters. The minimum absolute atomic E-state index is 0.427. The maximum absolute atomic E-state index is 6.11. The highest BCUT2D eigenvalue weighted by atomic mass is 35.5. The van der Waals surface area contributed by atoms with E-state index in [1.807, 2.05) is 24.3 Å². The molecule has 0 spiro atoms. The van der Waals surface area contributed by atoms with E-state index >= 15 is 0 Å². The Kier molecular flexibility index (Phi) is 2.42. The molecule has 0 unspecified atom stereocenters. The van der Waals surface area contributed by atoms with Gasteiger partial charge in [0, 0.05) is 17.8 Å². The molecular formula is C12H7ClN4. The molecule has 5 heteroatoms. The van der Waals surface area contributed by atoms with Crippen LogP contribution in [0.4, 0.5) is 0 Å². The second-order valence-electron chi connectivity index (χ2n) is 3.45. The van der Waals surface area contributed by atoms with Crippen LogP contribution in [-0.4, -0.2) is 19.9 Å². The van der Waals surface area contributed by atoms with Gasteiger partial charge in [-0.1, -0.05) is 23.7 Å². The first-order valence-corrected chi connectivity index (χ1v) is 5.41. The Morgan fingerprint density at radius 2 is 1.88 bits per heavy atom. The molecule has 1 aromatic carbocycles. The maximum Gasteiger partial charge on any atom is 0.181 e. The van der Waals surface area contributed by atoms with Crippen molar-refractivity contribution in [2.24, 2.45) is 0 Å². The number of hydrogen-bond acceptors (Lipinski definition) is 4. The fourth-order valence-corrected chi connectivity index (χ4v) is 1.81. The minimum Gasteiger partial charge on any atom is -0.261 e. The molecule has 4 nitrogen and oxygen atoms in total. The molecule has 0 aliphatic heterocycles. The third-order valence-corrected chi connectivity index (χ3v) is 2.64. The summed E-state index contributed by atoms with van der Waals surface area (Å²) in [7, 11) is 0. The maximum atomic E-state index is 6.11. The molecule has 3 aromatic rings. The Hall–Kier alpha value is -2.07. The van der Waals surface area contributed by atoms with E-state index in [4.69, 9.17) is 11.6 Å². The van der Waals surface area contributed by atoms with E-state index < -0.39 is 0 Å². The van der Waals surface area contributed by atoms with Crippen LogP contribution in [0.25, 0.3) is 22.4 Å². The van der Waals surface area contributed by atoms with Gasteiger partial charge in [0.15, 0.2) is 5.82 Å². The van der Waals surface area contributed by atoms with E-state index in [1.165, 1.54) is 0 Å². The Morgan fingerprint density at radius 1 is 1.00 bits per heavy atom. The van der Waals surface area contributed by atoms with Crippen LogP contribution in [-0.2, 0) is 0 Å². The fourth-order valence-electron chi connectivity index (χ4n) is 1.57. The lowest BCUT2D eigenvalue weighted by molar-refractivity contribution is 1.13. The number of benzene rings is 1. The lowest BCUT2D eigenvalue weighted by Crippen LogP contribution is -1.94. The van der Waals surface area contributed by atoms with Crippen molar-refractivity contribution in [2.45, 2.75) is 0 Å². The zero-order valence-corrected chi connectivity index (χ0v) is 9.46. The molecule has 2 heterocycles. The van der Waals surface area contributed by atoms with Crippen molar-refractivity contribution in [3.8, 4) is 11.5 Å². The summed E-state index contributed by atoms with van der Waals surface area (Å²) in [5.74, 6) is 0.488. The Morgan fingerprint density at radius 3 is 2.71 bits per heavy atom. The van der Waals surface area contributed by atoms with Crippen LogP contribution in [0.15, 0.2) is 42.9 Å². The van der Waals surface area contributed by atoms with Crippen molar-refractivity contribution in [3.63, 3.8) is 0 Å². The summed E-state index contributed by atoms with van der Waals surface area (Å²) >= 11 is 6.11. The summed E-state index contributed by atoms with van der Waals surface area (Å²) in [6, 6.07) is 7.59. The average Bonchev–Trinajstić information content (AvgIpc) is 2.40. The summed E-state index contributed by atoms with van der Waals surface area (Å²) in [4.78, 5) is 16.8. The van der Waals surface area contributed by atoms with Crippen molar-refractivity contribution in [3.05, 3.63) is 48.0 Å². The van der Waals surface area contributed by atoms with Crippen molar-refractivity contribution in [2.75, 3.05) is 0 Å². The van der Waals surface area contributed by atoms with Gasteiger partial charge in [0.05, 0.1) is 11.7 Å². The zero-order valence-electron chi connectivity index (χ0n) is 8.71. The molecule has 0 bridgehead atoms. The quantitative estimate of drug-likeness (QED) is 0.616. The molecule has 82 valence electrons. The van der Waals surface area contributed by atoms with E-state index in [0.29, 0.717) is 16.7 Å². The Labute approximate surface area is 102 Å². The molecule has 0 aliphatic carbocycles. The van der Waals surface area contributed by atoms with Gasteiger partial charge >= 0.3 is 0 Å². The van der Waals surface area contributed by atoms with Gasteiger partial charge in [-0.25, -0.2) is 15.0 Å². The van der Waals surface area contributed by atoms with Gasteiger partial charge in [-0.2, -0.15) is 0 Å². The highest BCUT2D eigenvalue weighted by Gasteiger charge is 2.07. The lowest BCUT2D eigenvalue weighted by Gasteiger charge is -2.02. The second kappa shape index (κ2) is 4.07. The normalized spacial score (nSPS) is 10.6. The van der Waals surface area contributed by atoms with Crippen LogP contribution >= 0.6 is 11.6 Å². The highest BCUT2D eigenvalue weighted by Crippen LogP contribution is 2.22. The molecule has 0 saturated carbocycles. The summed E-state index contributed by atoms with van der Waals surface area (Å²) < 4.78 is 0. The van der Waals surface area contributed by atoms with Gasteiger partial charge in [-0.3, -0.25) is 4.98 Å². The van der Waals surface area contributed by atoms with Gasteiger partial charge in [0.1, 0.15) is 10.8 Å². The monoisotopic (exact) mass is 242 g/mol. The standard InChI is InChI=1S/C12H7ClN4/c13-11-8-3-1-2-4-9(8)16-12(17-11)10-7-14-5-6-15-10/h1-7H. The van der Waals surface area contributed by atoms with Gasteiger partial charge in [0.2, 0.25) is 0 Å². The second-order valence-corrected chi connectivity index (χ2v) is 3.80. The fraction of sp³-hybridized carbons (Fsp3) is 0. The number of aromatic nitrogens is 4. The molecule has 0 radical (unpaired) electrons.